The number of rotatable bonds is 1. The second-order valence-electron chi connectivity index (χ2n) is 4.53. The van der Waals surface area contributed by atoms with Crippen LogP contribution < -0.4 is 0 Å². The maximum absolute atomic E-state index is 2.54. The fourth-order valence-electron chi connectivity index (χ4n) is 3.25. The molecule has 1 spiro atoms. The first-order valence-electron chi connectivity index (χ1n) is 5.55. The summed E-state index contributed by atoms with van der Waals surface area (Å²) in [5.41, 5.74) is 0.660. The van der Waals surface area contributed by atoms with E-state index in [0.29, 0.717) is 5.41 Å². The highest BCUT2D eigenvalue weighted by atomic mass is 14.4. The molecule has 0 N–H and O–H groups in total. The lowest BCUT2D eigenvalue weighted by Gasteiger charge is -2.40. The molecule has 0 bridgehead atoms. The van der Waals surface area contributed by atoms with Gasteiger partial charge in [0.05, 0.1) is 0 Å². The molecule has 0 aliphatic heterocycles. The van der Waals surface area contributed by atoms with Gasteiger partial charge in [0.25, 0.3) is 0 Å². The van der Waals surface area contributed by atoms with Gasteiger partial charge in [-0.15, -0.1) is 0 Å². The van der Waals surface area contributed by atoms with Crippen LogP contribution in [0.3, 0.4) is 0 Å². The third-order valence-electron chi connectivity index (χ3n) is 3.98. The maximum Gasteiger partial charge on any atom is -0.00871 e. The van der Waals surface area contributed by atoms with E-state index >= 15 is 0 Å². The molecule has 0 saturated heterocycles. The van der Waals surface area contributed by atoms with Crippen LogP contribution in [0.2, 0.25) is 0 Å². The van der Waals surface area contributed by atoms with Crippen LogP contribution in [-0.4, -0.2) is 0 Å². The summed E-state index contributed by atoms with van der Waals surface area (Å²) in [6, 6.07) is 0. The van der Waals surface area contributed by atoms with Crippen molar-refractivity contribution in [2.24, 2.45) is 11.3 Å². The predicted molar refractivity (Wildman–Crippen MR) is 53.1 cm³/mol. The molecule has 0 radical (unpaired) electrons. The summed E-state index contributed by atoms with van der Waals surface area (Å²) in [6.07, 6.45) is 15.1. The third kappa shape index (κ3) is 1.22. The summed E-state index contributed by atoms with van der Waals surface area (Å²) >= 11 is 0. The Morgan fingerprint density at radius 3 is 2.92 bits per heavy atom. The summed E-state index contributed by atoms with van der Waals surface area (Å²) in [5, 5.41) is 0. The Kier molecular flexibility index (Phi) is 2.25. The van der Waals surface area contributed by atoms with Gasteiger partial charge in [-0.2, -0.15) is 0 Å². The molecule has 68 valence electrons. The quantitative estimate of drug-likeness (QED) is 0.515. The molecule has 1 saturated carbocycles. The van der Waals surface area contributed by atoms with E-state index in [9.17, 15) is 0 Å². The van der Waals surface area contributed by atoms with Crippen molar-refractivity contribution in [1.82, 2.24) is 0 Å². The van der Waals surface area contributed by atoms with E-state index in [4.69, 9.17) is 0 Å². The first kappa shape index (κ1) is 8.34. The fourth-order valence-corrected chi connectivity index (χ4v) is 3.25. The number of allylic oxidation sites excluding steroid dienone is 2. The summed E-state index contributed by atoms with van der Waals surface area (Å²) < 4.78 is 0. The Balaban J connectivity index is 2.13. The van der Waals surface area contributed by atoms with Crippen LogP contribution in [0.15, 0.2) is 12.2 Å². The summed E-state index contributed by atoms with van der Waals surface area (Å²) in [5.74, 6) is 1.00. The van der Waals surface area contributed by atoms with E-state index in [1.165, 1.54) is 44.9 Å². The van der Waals surface area contributed by atoms with Crippen molar-refractivity contribution in [1.29, 1.82) is 0 Å². The lowest BCUT2D eigenvalue weighted by atomic mass is 9.65. The van der Waals surface area contributed by atoms with Crippen LogP contribution in [0, 0.1) is 11.3 Å². The highest BCUT2D eigenvalue weighted by Gasteiger charge is 2.38. The van der Waals surface area contributed by atoms with Crippen molar-refractivity contribution in [3.05, 3.63) is 12.2 Å². The maximum atomic E-state index is 2.54. The minimum Gasteiger partial charge on any atom is -0.0879 e. The standard InChI is InChI=1S/C12H20/c1-2-11-7-3-4-8-12(11)9-5-6-10-12/h5,9,11H,2-4,6-8,10H2,1H3. The number of hydrogen-bond acceptors (Lipinski definition) is 0. The van der Waals surface area contributed by atoms with Crippen molar-refractivity contribution in [2.75, 3.05) is 0 Å². The van der Waals surface area contributed by atoms with Gasteiger partial charge in [0.15, 0.2) is 0 Å². The van der Waals surface area contributed by atoms with Gasteiger partial charge in [0.2, 0.25) is 0 Å². The lowest BCUT2D eigenvalue weighted by molar-refractivity contribution is 0.144. The van der Waals surface area contributed by atoms with Crippen LogP contribution >= 0.6 is 0 Å². The molecule has 0 heteroatoms. The second-order valence-corrected chi connectivity index (χ2v) is 4.53. The minimum atomic E-state index is 0.660. The molecule has 0 aromatic carbocycles. The van der Waals surface area contributed by atoms with Gasteiger partial charge in [-0.1, -0.05) is 38.3 Å². The molecule has 2 atom stereocenters. The van der Waals surface area contributed by atoms with Crippen LogP contribution in [0.25, 0.3) is 0 Å². The van der Waals surface area contributed by atoms with Crippen molar-refractivity contribution in [2.45, 2.75) is 51.9 Å². The van der Waals surface area contributed by atoms with Crippen LogP contribution in [0.1, 0.15) is 51.9 Å². The molecule has 1 fully saturated rings. The average Bonchev–Trinajstić information content (AvgIpc) is 2.55. The first-order valence-corrected chi connectivity index (χ1v) is 5.55. The summed E-state index contributed by atoms with van der Waals surface area (Å²) in [6.45, 7) is 2.36. The van der Waals surface area contributed by atoms with Crippen molar-refractivity contribution < 1.29 is 0 Å². The third-order valence-corrected chi connectivity index (χ3v) is 3.98. The zero-order valence-electron chi connectivity index (χ0n) is 8.18. The topological polar surface area (TPSA) is 0 Å². The molecule has 2 unspecified atom stereocenters. The van der Waals surface area contributed by atoms with Gasteiger partial charge in [-0.05, 0) is 37.0 Å². The van der Waals surface area contributed by atoms with E-state index in [1.807, 2.05) is 0 Å². The van der Waals surface area contributed by atoms with Crippen molar-refractivity contribution in [3.63, 3.8) is 0 Å². The van der Waals surface area contributed by atoms with E-state index in [0.717, 1.165) is 5.92 Å². The molecule has 0 aromatic rings. The Labute approximate surface area is 76.1 Å². The first-order chi connectivity index (χ1) is 5.87. The van der Waals surface area contributed by atoms with E-state index in [-0.39, 0.29) is 0 Å². The van der Waals surface area contributed by atoms with Gasteiger partial charge in [0, 0.05) is 0 Å². The van der Waals surface area contributed by atoms with Crippen LogP contribution in [0.5, 0.6) is 0 Å². The summed E-state index contributed by atoms with van der Waals surface area (Å²) in [7, 11) is 0. The van der Waals surface area contributed by atoms with E-state index in [1.54, 1.807) is 0 Å². The van der Waals surface area contributed by atoms with Gasteiger partial charge in [-0.25, -0.2) is 0 Å². The highest BCUT2D eigenvalue weighted by Crippen LogP contribution is 2.50. The van der Waals surface area contributed by atoms with Crippen molar-refractivity contribution >= 4 is 0 Å². The van der Waals surface area contributed by atoms with Crippen LogP contribution in [-0.2, 0) is 0 Å². The zero-order valence-corrected chi connectivity index (χ0v) is 8.18. The summed E-state index contributed by atoms with van der Waals surface area (Å²) in [4.78, 5) is 0. The molecule has 12 heavy (non-hydrogen) atoms. The van der Waals surface area contributed by atoms with Gasteiger partial charge in [0.1, 0.15) is 0 Å². The molecule has 2 rings (SSSR count). The van der Waals surface area contributed by atoms with E-state index in [2.05, 4.69) is 19.1 Å². The smallest absolute Gasteiger partial charge is 0.00871 e. The molecule has 0 amide bonds. The normalized spacial score (nSPS) is 40.9. The Hall–Kier alpha value is -0.260. The molecule has 2 aliphatic carbocycles. The predicted octanol–water partition coefficient (Wildman–Crippen LogP) is 3.92. The second kappa shape index (κ2) is 3.24. The van der Waals surface area contributed by atoms with E-state index < -0.39 is 0 Å². The Morgan fingerprint density at radius 1 is 1.33 bits per heavy atom. The average molecular weight is 164 g/mol. The molecule has 0 heterocycles. The lowest BCUT2D eigenvalue weighted by Crippen LogP contribution is -2.29. The molecular formula is C12H20. The van der Waals surface area contributed by atoms with Crippen LogP contribution in [0.4, 0.5) is 0 Å². The SMILES string of the molecule is CCC1CCCCC12C=CCC2. The molecular weight excluding hydrogens is 144 g/mol. The zero-order chi connectivity index (χ0) is 8.44. The number of hydrogen-bond donors (Lipinski definition) is 0. The largest absolute Gasteiger partial charge is 0.0879 e. The molecule has 2 aliphatic rings. The minimum absolute atomic E-state index is 0.660. The van der Waals surface area contributed by atoms with Gasteiger partial charge in [-0.3, -0.25) is 0 Å². The van der Waals surface area contributed by atoms with Crippen molar-refractivity contribution in [3.8, 4) is 0 Å². The molecule has 0 aromatic heterocycles. The highest BCUT2D eigenvalue weighted by molar-refractivity contribution is 5.10. The van der Waals surface area contributed by atoms with Gasteiger partial charge >= 0.3 is 0 Å². The monoisotopic (exact) mass is 164 g/mol. The Morgan fingerprint density at radius 2 is 2.25 bits per heavy atom. The fraction of sp³-hybridized carbons (Fsp3) is 0.833. The van der Waals surface area contributed by atoms with Gasteiger partial charge < -0.3 is 0 Å². The molecule has 0 nitrogen and oxygen atoms in total. The Bertz CT molecular complexity index is 180.